The van der Waals surface area contributed by atoms with Crippen molar-refractivity contribution < 1.29 is 22.4 Å². The number of carbonyl (C=O) groups excluding carboxylic acids is 1. The summed E-state index contributed by atoms with van der Waals surface area (Å²) in [5.41, 5.74) is 3.73. The number of methoxy groups -OCH3 is 1. The second-order valence-corrected chi connectivity index (χ2v) is 10.8. The first-order valence-electron chi connectivity index (χ1n) is 10.7. The maximum Gasteiger partial charge on any atom is 0.338 e. The highest BCUT2D eigenvalue weighted by Gasteiger charge is 2.29. The van der Waals surface area contributed by atoms with Crippen LogP contribution in [0.25, 0.3) is 11.1 Å². The Morgan fingerprint density at radius 1 is 0.971 bits per heavy atom. The summed E-state index contributed by atoms with van der Waals surface area (Å²) in [5.74, 6) is -0.598. The lowest BCUT2D eigenvalue weighted by Crippen LogP contribution is -2.27. The molecule has 176 valence electrons. The van der Waals surface area contributed by atoms with Crippen molar-refractivity contribution in [3.8, 4) is 0 Å². The first-order valence-corrected chi connectivity index (χ1v) is 12.1. The summed E-state index contributed by atoms with van der Waals surface area (Å²) in [4.78, 5) is 16.4. The van der Waals surface area contributed by atoms with Crippen molar-refractivity contribution in [2.75, 3.05) is 11.4 Å². The quantitative estimate of drug-likeness (QED) is 0.340. The average molecular weight is 479 g/mol. The van der Waals surface area contributed by atoms with Crippen molar-refractivity contribution in [3.05, 3.63) is 83.7 Å². The number of nitrogens with zero attached hydrogens (tertiary/aromatic N) is 2. The summed E-state index contributed by atoms with van der Waals surface area (Å²) >= 11 is 0. The maximum absolute atomic E-state index is 14.0. The molecule has 3 aromatic carbocycles. The predicted molar refractivity (Wildman–Crippen MR) is 131 cm³/mol. The normalized spacial score (nSPS) is 12.0. The molecule has 0 saturated heterocycles. The van der Waals surface area contributed by atoms with Crippen molar-refractivity contribution in [1.82, 2.24) is 4.98 Å². The third-order valence-corrected chi connectivity index (χ3v) is 7.42. The van der Waals surface area contributed by atoms with E-state index in [1.807, 2.05) is 12.1 Å². The van der Waals surface area contributed by atoms with Gasteiger partial charge in [-0.1, -0.05) is 39.0 Å². The molecule has 4 rings (SSSR count). The van der Waals surface area contributed by atoms with Gasteiger partial charge in [0.25, 0.3) is 10.0 Å². The molecule has 8 heteroatoms. The van der Waals surface area contributed by atoms with Crippen LogP contribution in [-0.2, 0) is 20.2 Å². The summed E-state index contributed by atoms with van der Waals surface area (Å²) in [6.45, 7) is 8.01. The molecule has 0 aliphatic rings. The molecule has 0 aliphatic carbocycles. The van der Waals surface area contributed by atoms with Crippen molar-refractivity contribution in [1.29, 1.82) is 0 Å². The van der Waals surface area contributed by atoms with Gasteiger partial charge in [-0.05, 0) is 65.9 Å². The molecule has 0 atom stereocenters. The van der Waals surface area contributed by atoms with Gasteiger partial charge in [-0.2, -0.15) is 0 Å². The van der Waals surface area contributed by atoms with Gasteiger partial charge in [-0.15, -0.1) is 0 Å². The number of sulfonamides is 1. The van der Waals surface area contributed by atoms with Gasteiger partial charge >= 0.3 is 5.97 Å². The third kappa shape index (κ3) is 4.28. The first-order chi connectivity index (χ1) is 16.0. The number of hydrogen-bond acceptors (Lipinski definition) is 6. The van der Waals surface area contributed by atoms with Crippen LogP contribution in [0.15, 0.2) is 76.4 Å². The van der Waals surface area contributed by atoms with Gasteiger partial charge < -0.3 is 9.15 Å². The lowest BCUT2D eigenvalue weighted by atomic mass is 9.87. The van der Waals surface area contributed by atoms with Crippen LogP contribution in [0.2, 0.25) is 0 Å². The second-order valence-electron chi connectivity index (χ2n) is 9.04. The second kappa shape index (κ2) is 8.61. The molecule has 34 heavy (non-hydrogen) atoms. The van der Waals surface area contributed by atoms with Crippen molar-refractivity contribution in [2.45, 2.75) is 38.0 Å². The number of aryl methyl sites for hydroxylation is 1. The smallest absolute Gasteiger partial charge is 0.338 e. The zero-order valence-electron chi connectivity index (χ0n) is 19.7. The Hall–Kier alpha value is -3.65. The van der Waals surface area contributed by atoms with Crippen LogP contribution < -0.4 is 4.31 Å². The number of hydrogen-bond donors (Lipinski definition) is 0. The highest BCUT2D eigenvalue weighted by atomic mass is 32.2. The van der Waals surface area contributed by atoms with E-state index in [2.05, 4.69) is 25.8 Å². The van der Waals surface area contributed by atoms with Gasteiger partial charge in [0.2, 0.25) is 0 Å². The molecule has 0 spiro atoms. The van der Waals surface area contributed by atoms with E-state index >= 15 is 0 Å². The third-order valence-electron chi connectivity index (χ3n) is 5.67. The van der Waals surface area contributed by atoms with E-state index in [1.165, 1.54) is 29.9 Å². The number of fused-ring (bicyclic) bond motifs is 1. The van der Waals surface area contributed by atoms with Crippen molar-refractivity contribution >= 4 is 38.5 Å². The largest absolute Gasteiger partial charge is 0.465 e. The number of oxazole rings is 1. The standard InChI is InChI=1S/C26H26N2O5S/c1-17-6-12-21(15-22(17)25(29)32-5)34(30,31)28(19-9-7-18(8-10-19)26(2,3)4)20-11-13-24-23(14-20)27-16-33-24/h6-16H,1-5H3. The predicted octanol–water partition coefficient (Wildman–Crippen LogP) is 5.75. The molecule has 1 heterocycles. The summed E-state index contributed by atoms with van der Waals surface area (Å²) < 4.78 is 39.4. The number of carbonyl (C=O) groups is 1. The monoisotopic (exact) mass is 478 g/mol. The molecular formula is C26H26N2O5S. The average Bonchev–Trinajstić information content (AvgIpc) is 3.26. The topological polar surface area (TPSA) is 89.7 Å². The lowest BCUT2D eigenvalue weighted by Gasteiger charge is -2.26. The Morgan fingerprint density at radius 2 is 1.65 bits per heavy atom. The fourth-order valence-electron chi connectivity index (χ4n) is 3.69. The molecule has 4 aromatic rings. The van der Waals surface area contributed by atoms with Gasteiger partial charge in [0, 0.05) is 0 Å². The van der Waals surface area contributed by atoms with Crippen LogP contribution >= 0.6 is 0 Å². The van der Waals surface area contributed by atoms with E-state index in [0.717, 1.165) is 5.56 Å². The van der Waals surface area contributed by atoms with Crippen molar-refractivity contribution in [2.24, 2.45) is 0 Å². The number of rotatable bonds is 5. The molecular weight excluding hydrogens is 452 g/mol. The molecule has 0 bridgehead atoms. The van der Waals surface area contributed by atoms with E-state index in [9.17, 15) is 13.2 Å². The first kappa shape index (κ1) is 23.5. The van der Waals surface area contributed by atoms with Crippen LogP contribution in [0.3, 0.4) is 0 Å². The summed E-state index contributed by atoms with van der Waals surface area (Å²) in [5, 5.41) is 0. The highest BCUT2D eigenvalue weighted by Crippen LogP contribution is 2.36. The molecule has 0 fully saturated rings. The number of ether oxygens (including phenoxy) is 1. The fourth-order valence-corrected chi connectivity index (χ4v) is 5.20. The number of esters is 1. The number of anilines is 2. The van der Waals surface area contributed by atoms with Crippen LogP contribution in [0.4, 0.5) is 11.4 Å². The Balaban J connectivity index is 1.91. The summed E-state index contributed by atoms with van der Waals surface area (Å²) in [7, 11) is -2.86. The lowest BCUT2D eigenvalue weighted by molar-refractivity contribution is 0.0599. The van der Waals surface area contributed by atoms with Gasteiger partial charge in [0.05, 0.1) is 28.9 Å². The molecule has 0 N–H and O–H groups in total. The summed E-state index contributed by atoms with van der Waals surface area (Å²) in [6.07, 6.45) is 1.31. The molecule has 0 radical (unpaired) electrons. The summed E-state index contributed by atoms with van der Waals surface area (Å²) in [6, 6.07) is 16.8. The zero-order chi connectivity index (χ0) is 24.7. The van der Waals surface area contributed by atoms with Crippen LogP contribution in [0, 0.1) is 6.92 Å². The number of benzene rings is 3. The highest BCUT2D eigenvalue weighted by molar-refractivity contribution is 7.93. The Morgan fingerprint density at radius 3 is 2.29 bits per heavy atom. The maximum atomic E-state index is 14.0. The molecule has 0 saturated carbocycles. The van der Waals surface area contributed by atoms with Crippen LogP contribution in [0.5, 0.6) is 0 Å². The molecule has 0 unspecified atom stereocenters. The van der Waals surface area contributed by atoms with Gasteiger partial charge in [-0.25, -0.2) is 22.5 Å². The zero-order valence-corrected chi connectivity index (χ0v) is 20.5. The van der Waals surface area contributed by atoms with Gasteiger partial charge in [0.1, 0.15) is 5.52 Å². The Labute approximate surface area is 199 Å². The van der Waals surface area contributed by atoms with E-state index < -0.39 is 16.0 Å². The molecule has 7 nitrogen and oxygen atoms in total. The van der Waals surface area contributed by atoms with E-state index in [0.29, 0.717) is 28.0 Å². The van der Waals surface area contributed by atoms with E-state index in [-0.39, 0.29) is 15.9 Å². The molecule has 0 amide bonds. The van der Waals surface area contributed by atoms with Gasteiger partial charge in [-0.3, -0.25) is 0 Å². The Bertz CT molecular complexity index is 1470. The van der Waals surface area contributed by atoms with Crippen LogP contribution in [0.1, 0.15) is 42.3 Å². The van der Waals surface area contributed by atoms with E-state index in [4.69, 9.17) is 9.15 Å². The van der Waals surface area contributed by atoms with Crippen LogP contribution in [-0.4, -0.2) is 26.5 Å². The van der Waals surface area contributed by atoms with Crippen molar-refractivity contribution in [3.63, 3.8) is 0 Å². The Kier molecular flexibility index (Phi) is 5.95. The minimum atomic E-state index is -4.12. The fraction of sp³-hybridized carbons (Fsp3) is 0.231. The minimum Gasteiger partial charge on any atom is -0.465 e. The minimum absolute atomic E-state index is 0.0290. The van der Waals surface area contributed by atoms with Gasteiger partial charge in [0.15, 0.2) is 12.0 Å². The molecule has 1 aromatic heterocycles. The van der Waals surface area contributed by atoms with E-state index in [1.54, 1.807) is 43.3 Å². The molecule has 0 aliphatic heterocycles. The number of aromatic nitrogens is 1. The SMILES string of the molecule is COC(=O)c1cc(S(=O)(=O)N(c2ccc(C(C)(C)C)cc2)c2ccc3ocnc3c2)ccc1C.